The van der Waals surface area contributed by atoms with E-state index in [1.807, 2.05) is 19.9 Å². The molecular weight excluding hydrogens is 424 g/mol. The summed E-state index contributed by atoms with van der Waals surface area (Å²) in [4.78, 5) is 28.9. The highest BCUT2D eigenvalue weighted by molar-refractivity contribution is 5.86. The smallest absolute Gasteiger partial charge is 0.336 e. The van der Waals surface area contributed by atoms with E-state index in [0.29, 0.717) is 38.3 Å². The number of aryl methyl sites for hydroxylation is 2. The van der Waals surface area contributed by atoms with Gasteiger partial charge in [-0.1, -0.05) is 6.92 Å². The first-order valence-corrected chi connectivity index (χ1v) is 11.9. The highest BCUT2D eigenvalue weighted by Crippen LogP contribution is 2.37. The SMILES string of the molecule is CCCOC(=O)CCc1cc2c(C)cc(=O)oc2c2c1OCN(CCCN1CCOCC1)C2. The Morgan fingerprint density at radius 3 is 2.73 bits per heavy atom. The van der Waals surface area contributed by atoms with Gasteiger partial charge in [0.2, 0.25) is 0 Å². The van der Waals surface area contributed by atoms with Crippen LogP contribution < -0.4 is 10.4 Å². The number of hydrogen-bond donors (Lipinski definition) is 0. The molecule has 2 aliphatic rings. The maximum absolute atomic E-state index is 12.1. The van der Waals surface area contributed by atoms with Gasteiger partial charge >= 0.3 is 11.6 Å². The van der Waals surface area contributed by atoms with Crippen LogP contribution in [0.5, 0.6) is 5.75 Å². The van der Waals surface area contributed by atoms with E-state index in [9.17, 15) is 9.59 Å². The first kappa shape index (κ1) is 23.7. The van der Waals surface area contributed by atoms with Crippen LogP contribution in [0.1, 0.15) is 42.9 Å². The number of ether oxygens (including phenoxy) is 3. The summed E-state index contributed by atoms with van der Waals surface area (Å²) in [6.07, 6.45) is 2.65. The summed E-state index contributed by atoms with van der Waals surface area (Å²) in [7, 11) is 0. The average molecular weight is 459 g/mol. The van der Waals surface area contributed by atoms with Crippen LogP contribution in [0, 0.1) is 6.92 Å². The van der Waals surface area contributed by atoms with Crippen molar-refractivity contribution in [2.75, 3.05) is 52.7 Å². The van der Waals surface area contributed by atoms with Gasteiger partial charge in [-0.05, 0) is 49.9 Å². The van der Waals surface area contributed by atoms with Gasteiger partial charge in [0.25, 0.3) is 0 Å². The third kappa shape index (κ3) is 5.93. The molecule has 4 rings (SSSR count). The molecule has 0 radical (unpaired) electrons. The average Bonchev–Trinajstić information content (AvgIpc) is 2.82. The molecule has 1 aromatic carbocycles. The fourth-order valence-corrected chi connectivity index (χ4v) is 4.50. The number of morpholine rings is 1. The van der Waals surface area contributed by atoms with Crippen LogP contribution >= 0.6 is 0 Å². The Morgan fingerprint density at radius 2 is 1.94 bits per heavy atom. The predicted molar refractivity (Wildman–Crippen MR) is 125 cm³/mol. The van der Waals surface area contributed by atoms with E-state index in [4.69, 9.17) is 18.6 Å². The maximum Gasteiger partial charge on any atom is 0.336 e. The minimum atomic E-state index is -0.359. The Hall–Kier alpha value is -2.42. The maximum atomic E-state index is 12.1. The first-order valence-electron chi connectivity index (χ1n) is 11.9. The van der Waals surface area contributed by atoms with Crippen molar-refractivity contribution >= 4 is 16.9 Å². The second-order valence-electron chi connectivity index (χ2n) is 8.82. The summed E-state index contributed by atoms with van der Waals surface area (Å²) in [5, 5.41) is 0.893. The van der Waals surface area contributed by atoms with Gasteiger partial charge in [0.1, 0.15) is 18.1 Å². The number of carbonyl (C=O) groups is 1. The molecule has 2 aliphatic heterocycles. The zero-order valence-corrected chi connectivity index (χ0v) is 19.7. The van der Waals surface area contributed by atoms with Crippen LogP contribution in [0.2, 0.25) is 0 Å². The molecule has 0 saturated carbocycles. The van der Waals surface area contributed by atoms with Crippen molar-refractivity contribution in [2.24, 2.45) is 0 Å². The number of hydrogen-bond acceptors (Lipinski definition) is 8. The molecule has 3 heterocycles. The molecule has 0 bridgehead atoms. The zero-order valence-electron chi connectivity index (χ0n) is 19.7. The zero-order chi connectivity index (χ0) is 23.2. The highest BCUT2D eigenvalue weighted by Gasteiger charge is 2.25. The van der Waals surface area contributed by atoms with Crippen LogP contribution in [0.15, 0.2) is 21.3 Å². The van der Waals surface area contributed by atoms with Crippen LogP contribution in [-0.2, 0) is 27.2 Å². The molecule has 8 nitrogen and oxygen atoms in total. The van der Waals surface area contributed by atoms with Crippen LogP contribution in [0.25, 0.3) is 11.0 Å². The molecule has 1 fully saturated rings. The molecule has 0 aliphatic carbocycles. The molecule has 2 aromatic rings. The number of benzene rings is 1. The monoisotopic (exact) mass is 458 g/mol. The van der Waals surface area contributed by atoms with E-state index >= 15 is 0 Å². The summed E-state index contributed by atoms with van der Waals surface area (Å²) in [6.45, 7) is 11.0. The highest BCUT2D eigenvalue weighted by atomic mass is 16.5. The fourth-order valence-electron chi connectivity index (χ4n) is 4.50. The lowest BCUT2D eigenvalue weighted by molar-refractivity contribution is -0.143. The molecule has 0 unspecified atom stereocenters. The largest absolute Gasteiger partial charge is 0.477 e. The van der Waals surface area contributed by atoms with Crippen molar-refractivity contribution in [3.05, 3.63) is 39.2 Å². The Kier molecular flexibility index (Phi) is 8.01. The lowest BCUT2D eigenvalue weighted by atomic mass is 9.97. The molecule has 33 heavy (non-hydrogen) atoms. The van der Waals surface area contributed by atoms with Gasteiger partial charge in [-0.2, -0.15) is 0 Å². The van der Waals surface area contributed by atoms with Crippen LogP contribution in [0.3, 0.4) is 0 Å². The molecule has 1 saturated heterocycles. The van der Waals surface area contributed by atoms with Crippen LogP contribution in [0.4, 0.5) is 0 Å². The van der Waals surface area contributed by atoms with Crippen molar-refractivity contribution in [1.29, 1.82) is 0 Å². The molecule has 0 N–H and O–H groups in total. The van der Waals surface area contributed by atoms with E-state index in [1.54, 1.807) is 0 Å². The third-order valence-electron chi connectivity index (χ3n) is 6.26. The Bertz CT molecular complexity index is 1030. The summed E-state index contributed by atoms with van der Waals surface area (Å²) >= 11 is 0. The Morgan fingerprint density at radius 1 is 1.15 bits per heavy atom. The van der Waals surface area contributed by atoms with E-state index < -0.39 is 0 Å². The topological polar surface area (TPSA) is 81.5 Å². The summed E-state index contributed by atoms with van der Waals surface area (Å²) in [5.41, 5.74) is 2.94. The quantitative estimate of drug-likeness (QED) is 0.419. The number of rotatable bonds is 9. The van der Waals surface area contributed by atoms with E-state index in [2.05, 4.69) is 9.80 Å². The molecule has 0 spiro atoms. The molecule has 0 atom stereocenters. The van der Waals surface area contributed by atoms with Gasteiger partial charge in [-0.25, -0.2) is 4.79 Å². The molecule has 8 heteroatoms. The molecule has 180 valence electrons. The number of esters is 1. The van der Waals surface area contributed by atoms with Gasteiger partial charge in [-0.15, -0.1) is 0 Å². The minimum absolute atomic E-state index is 0.206. The van der Waals surface area contributed by atoms with Gasteiger partial charge < -0.3 is 18.6 Å². The van der Waals surface area contributed by atoms with Gasteiger partial charge in [0.05, 0.1) is 25.4 Å². The lowest BCUT2D eigenvalue weighted by Crippen LogP contribution is -2.39. The molecular formula is C25H34N2O6. The fraction of sp³-hybridized carbons (Fsp3) is 0.600. The van der Waals surface area contributed by atoms with Gasteiger partial charge in [-0.3, -0.25) is 14.6 Å². The third-order valence-corrected chi connectivity index (χ3v) is 6.26. The van der Waals surface area contributed by atoms with E-state index in [0.717, 1.165) is 80.1 Å². The van der Waals surface area contributed by atoms with Crippen molar-refractivity contribution in [3.8, 4) is 5.75 Å². The standard InChI is InChI=1S/C25H34N2O6/c1-3-11-31-22(28)6-5-19-15-20-18(2)14-23(29)33-25(20)21-16-27(17-32-24(19)21)8-4-7-26-9-12-30-13-10-26/h14-15H,3-13,16-17H2,1-2H3. The van der Waals surface area contributed by atoms with Crippen molar-refractivity contribution in [1.82, 2.24) is 9.80 Å². The van der Waals surface area contributed by atoms with E-state index in [-0.39, 0.29) is 11.6 Å². The summed E-state index contributed by atoms with van der Waals surface area (Å²) < 4.78 is 22.5. The van der Waals surface area contributed by atoms with Crippen molar-refractivity contribution < 1.29 is 23.4 Å². The van der Waals surface area contributed by atoms with Gasteiger partial charge in [0, 0.05) is 44.1 Å². The Labute approximate surface area is 194 Å². The number of fused-ring (bicyclic) bond motifs is 3. The van der Waals surface area contributed by atoms with Gasteiger partial charge in [0.15, 0.2) is 0 Å². The van der Waals surface area contributed by atoms with Crippen molar-refractivity contribution in [2.45, 2.75) is 46.1 Å². The normalized spacial score (nSPS) is 17.0. The van der Waals surface area contributed by atoms with E-state index in [1.165, 1.54) is 6.07 Å². The van der Waals surface area contributed by atoms with Crippen LogP contribution in [-0.4, -0.2) is 68.5 Å². The second kappa shape index (κ2) is 11.1. The molecule has 1 aromatic heterocycles. The number of nitrogens with zero attached hydrogens (tertiary/aromatic N) is 2. The molecule has 0 amide bonds. The Balaban J connectivity index is 1.52. The summed E-state index contributed by atoms with van der Waals surface area (Å²) in [5.74, 6) is 0.534. The minimum Gasteiger partial charge on any atom is -0.477 e. The first-order chi connectivity index (χ1) is 16.0. The van der Waals surface area contributed by atoms with Crippen molar-refractivity contribution in [3.63, 3.8) is 0 Å². The second-order valence-corrected chi connectivity index (χ2v) is 8.82. The lowest BCUT2D eigenvalue weighted by Gasteiger charge is -2.32. The summed E-state index contributed by atoms with van der Waals surface area (Å²) in [6, 6.07) is 3.51. The predicted octanol–water partition coefficient (Wildman–Crippen LogP) is 2.86. The number of carbonyl (C=O) groups excluding carboxylic acids is 1.